The molecule has 0 amide bonds. The Morgan fingerprint density at radius 3 is 2.29 bits per heavy atom. The van der Waals surface area contributed by atoms with Gasteiger partial charge in [-0.3, -0.25) is 4.90 Å². The number of hydrogen-bond acceptors (Lipinski definition) is 2. The highest BCUT2D eigenvalue weighted by Gasteiger charge is 2.55. The minimum atomic E-state index is 0.266. The standard InChI is InChI=1S/C12H24N2/c1-10(2)6-11(3,7-13)14-8-12(9-14)4-5-12/h10H,4-9,13H2,1-3H3. The van der Waals surface area contributed by atoms with E-state index in [1.807, 2.05) is 0 Å². The van der Waals surface area contributed by atoms with Crippen molar-refractivity contribution in [1.29, 1.82) is 0 Å². The van der Waals surface area contributed by atoms with E-state index in [1.54, 1.807) is 0 Å². The molecule has 82 valence electrons. The van der Waals surface area contributed by atoms with Gasteiger partial charge in [0.25, 0.3) is 0 Å². The predicted octanol–water partition coefficient (Wildman–Crippen LogP) is 1.85. The highest BCUT2D eigenvalue weighted by Crippen LogP contribution is 2.55. The molecule has 2 nitrogen and oxygen atoms in total. The van der Waals surface area contributed by atoms with Gasteiger partial charge in [0, 0.05) is 25.2 Å². The monoisotopic (exact) mass is 196 g/mol. The SMILES string of the molecule is CC(C)CC(C)(CN)N1CC2(CC2)C1. The Morgan fingerprint density at radius 1 is 1.36 bits per heavy atom. The molecule has 1 saturated heterocycles. The Hall–Kier alpha value is -0.0800. The topological polar surface area (TPSA) is 29.3 Å². The molecule has 0 bridgehead atoms. The van der Waals surface area contributed by atoms with Gasteiger partial charge in [0.1, 0.15) is 0 Å². The van der Waals surface area contributed by atoms with Crippen LogP contribution in [0.1, 0.15) is 40.0 Å². The van der Waals surface area contributed by atoms with Crippen molar-refractivity contribution in [2.45, 2.75) is 45.6 Å². The van der Waals surface area contributed by atoms with Crippen molar-refractivity contribution < 1.29 is 0 Å². The van der Waals surface area contributed by atoms with Crippen LogP contribution in [-0.4, -0.2) is 30.1 Å². The third kappa shape index (κ3) is 1.70. The summed E-state index contributed by atoms with van der Waals surface area (Å²) < 4.78 is 0. The molecule has 1 heterocycles. The van der Waals surface area contributed by atoms with Gasteiger partial charge in [0.05, 0.1) is 0 Å². The molecule has 1 aliphatic heterocycles. The summed E-state index contributed by atoms with van der Waals surface area (Å²) in [4.78, 5) is 2.61. The maximum atomic E-state index is 5.93. The van der Waals surface area contributed by atoms with Crippen LogP contribution in [0.15, 0.2) is 0 Å². The van der Waals surface area contributed by atoms with Crippen LogP contribution in [0, 0.1) is 11.3 Å². The minimum Gasteiger partial charge on any atom is -0.329 e. The minimum absolute atomic E-state index is 0.266. The first-order valence-corrected chi connectivity index (χ1v) is 5.95. The summed E-state index contributed by atoms with van der Waals surface area (Å²) in [5.74, 6) is 0.749. The van der Waals surface area contributed by atoms with Crippen LogP contribution >= 0.6 is 0 Å². The molecule has 0 aromatic rings. The normalized spacial score (nSPS) is 28.9. The van der Waals surface area contributed by atoms with Crippen molar-refractivity contribution in [1.82, 2.24) is 4.90 Å². The van der Waals surface area contributed by atoms with Gasteiger partial charge in [-0.1, -0.05) is 13.8 Å². The van der Waals surface area contributed by atoms with Crippen LogP contribution in [0.5, 0.6) is 0 Å². The summed E-state index contributed by atoms with van der Waals surface area (Å²) in [5.41, 5.74) is 6.96. The van der Waals surface area contributed by atoms with E-state index in [9.17, 15) is 0 Å². The molecule has 0 aromatic heterocycles. The second-order valence-electron chi connectivity index (χ2n) is 6.16. The summed E-state index contributed by atoms with van der Waals surface area (Å²) in [5, 5.41) is 0. The molecule has 2 aliphatic rings. The average Bonchev–Trinajstić information content (AvgIpc) is 2.79. The lowest BCUT2D eigenvalue weighted by molar-refractivity contribution is -0.0254. The molecule has 2 rings (SSSR count). The van der Waals surface area contributed by atoms with Crippen molar-refractivity contribution in [2.24, 2.45) is 17.1 Å². The van der Waals surface area contributed by atoms with Crippen LogP contribution in [0.3, 0.4) is 0 Å². The molecule has 14 heavy (non-hydrogen) atoms. The van der Waals surface area contributed by atoms with Gasteiger partial charge >= 0.3 is 0 Å². The fourth-order valence-electron chi connectivity index (χ4n) is 2.86. The Labute approximate surface area is 87.8 Å². The van der Waals surface area contributed by atoms with Gasteiger partial charge < -0.3 is 5.73 Å². The molecule has 1 aliphatic carbocycles. The number of nitrogens with two attached hydrogens (primary N) is 1. The van der Waals surface area contributed by atoms with E-state index in [0.29, 0.717) is 0 Å². The van der Waals surface area contributed by atoms with E-state index in [2.05, 4.69) is 25.7 Å². The van der Waals surface area contributed by atoms with Crippen LogP contribution in [0.4, 0.5) is 0 Å². The fourth-order valence-corrected chi connectivity index (χ4v) is 2.86. The molecule has 1 spiro atoms. The Bertz CT molecular complexity index is 212. The lowest BCUT2D eigenvalue weighted by Gasteiger charge is -2.52. The summed E-state index contributed by atoms with van der Waals surface area (Å²) in [6.07, 6.45) is 4.16. The summed E-state index contributed by atoms with van der Waals surface area (Å²) >= 11 is 0. The molecular formula is C12H24N2. The highest BCUT2D eigenvalue weighted by atomic mass is 15.3. The van der Waals surface area contributed by atoms with Crippen LogP contribution < -0.4 is 5.73 Å². The Morgan fingerprint density at radius 2 is 1.93 bits per heavy atom. The van der Waals surface area contributed by atoms with Crippen LogP contribution in [0.25, 0.3) is 0 Å². The number of nitrogens with zero attached hydrogens (tertiary/aromatic N) is 1. The van der Waals surface area contributed by atoms with E-state index in [4.69, 9.17) is 5.73 Å². The smallest absolute Gasteiger partial charge is 0.0306 e. The van der Waals surface area contributed by atoms with Crippen molar-refractivity contribution in [3.63, 3.8) is 0 Å². The molecular weight excluding hydrogens is 172 g/mol. The van der Waals surface area contributed by atoms with E-state index < -0.39 is 0 Å². The van der Waals surface area contributed by atoms with Gasteiger partial charge in [0.2, 0.25) is 0 Å². The zero-order valence-electron chi connectivity index (χ0n) is 9.84. The highest BCUT2D eigenvalue weighted by molar-refractivity contribution is 5.09. The van der Waals surface area contributed by atoms with Gasteiger partial charge in [-0.25, -0.2) is 0 Å². The fraction of sp³-hybridized carbons (Fsp3) is 1.00. The van der Waals surface area contributed by atoms with E-state index in [0.717, 1.165) is 17.9 Å². The number of rotatable bonds is 4. The van der Waals surface area contributed by atoms with Crippen molar-refractivity contribution in [3.05, 3.63) is 0 Å². The number of likely N-dealkylation sites (tertiary alicyclic amines) is 1. The molecule has 0 radical (unpaired) electrons. The molecule has 2 N–H and O–H groups in total. The first-order chi connectivity index (χ1) is 6.50. The molecule has 1 saturated carbocycles. The molecule has 0 aromatic carbocycles. The van der Waals surface area contributed by atoms with Crippen molar-refractivity contribution in [3.8, 4) is 0 Å². The van der Waals surface area contributed by atoms with E-state index in [-0.39, 0.29) is 5.54 Å². The molecule has 2 fully saturated rings. The summed E-state index contributed by atoms with van der Waals surface area (Å²) in [6.45, 7) is 10.4. The molecule has 2 heteroatoms. The Kier molecular flexibility index (Phi) is 2.39. The number of hydrogen-bond donors (Lipinski definition) is 1. The maximum Gasteiger partial charge on any atom is 0.0306 e. The zero-order chi connectivity index (χ0) is 10.4. The largest absolute Gasteiger partial charge is 0.329 e. The lowest BCUT2D eigenvalue weighted by Crippen LogP contribution is -2.62. The van der Waals surface area contributed by atoms with Crippen LogP contribution in [0.2, 0.25) is 0 Å². The predicted molar refractivity (Wildman–Crippen MR) is 60.2 cm³/mol. The van der Waals surface area contributed by atoms with Crippen LogP contribution in [-0.2, 0) is 0 Å². The van der Waals surface area contributed by atoms with E-state index >= 15 is 0 Å². The maximum absolute atomic E-state index is 5.93. The first kappa shape index (κ1) is 10.4. The van der Waals surface area contributed by atoms with Gasteiger partial charge in [-0.2, -0.15) is 0 Å². The van der Waals surface area contributed by atoms with Gasteiger partial charge in [-0.05, 0) is 37.5 Å². The summed E-state index contributed by atoms with van der Waals surface area (Å²) in [6, 6.07) is 0. The quantitative estimate of drug-likeness (QED) is 0.743. The molecule has 1 atom stereocenters. The third-order valence-electron chi connectivity index (χ3n) is 4.06. The van der Waals surface area contributed by atoms with E-state index in [1.165, 1.54) is 32.4 Å². The first-order valence-electron chi connectivity index (χ1n) is 5.95. The Balaban J connectivity index is 1.91. The zero-order valence-corrected chi connectivity index (χ0v) is 9.84. The molecule has 1 unspecified atom stereocenters. The van der Waals surface area contributed by atoms with Crippen molar-refractivity contribution in [2.75, 3.05) is 19.6 Å². The second kappa shape index (κ2) is 3.21. The summed E-state index contributed by atoms with van der Waals surface area (Å²) in [7, 11) is 0. The average molecular weight is 196 g/mol. The lowest BCUT2D eigenvalue weighted by atomic mass is 9.82. The second-order valence-corrected chi connectivity index (χ2v) is 6.16. The third-order valence-corrected chi connectivity index (χ3v) is 4.06. The van der Waals surface area contributed by atoms with Gasteiger partial charge in [0.15, 0.2) is 0 Å². The van der Waals surface area contributed by atoms with Crippen molar-refractivity contribution >= 4 is 0 Å². The van der Waals surface area contributed by atoms with Gasteiger partial charge in [-0.15, -0.1) is 0 Å².